The van der Waals surface area contributed by atoms with Crippen LogP contribution in [-0.4, -0.2) is 36.1 Å². The summed E-state index contributed by atoms with van der Waals surface area (Å²) in [5.74, 6) is 0. The molecule has 1 saturated carbocycles. The molecule has 0 saturated heterocycles. The quantitative estimate of drug-likeness (QED) is 0.750. The van der Waals surface area contributed by atoms with Crippen molar-refractivity contribution in [1.82, 2.24) is 10.2 Å². The van der Waals surface area contributed by atoms with Crippen LogP contribution < -0.4 is 5.32 Å². The molecule has 16 heavy (non-hydrogen) atoms. The van der Waals surface area contributed by atoms with E-state index in [-0.39, 0.29) is 5.54 Å². The Bertz CT molecular complexity index is 254. The molecule has 3 nitrogen and oxygen atoms in total. The minimum Gasteiger partial charge on any atom is -0.301 e. The molecule has 1 rings (SSSR count). The van der Waals surface area contributed by atoms with Crippen molar-refractivity contribution in [3.8, 4) is 6.07 Å². The standard InChI is InChI=1S/C13H25N3/c1-5-15-13(3,10-14)9-11(2)16(4)12-7-6-8-12/h11-12,15H,5-9H2,1-4H3. The summed E-state index contributed by atoms with van der Waals surface area (Å²) >= 11 is 0. The number of nitrogens with one attached hydrogen (secondary N) is 1. The second kappa shape index (κ2) is 5.65. The van der Waals surface area contributed by atoms with E-state index in [4.69, 9.17) is 0 Å². The molecule has 92 valence electrons. The van der Waals surface area contributed by atoms with Crippen molar-refractivity contribution in [2.24, 2.45) is 0 Å². The van der Waals surface area contributed by atoms with Crippen molar-refractivity contribution in [2.75, 3.05) is 13.6 Å². The van der Waals surface area contributed by atoms with Gasteiger partial charge in [-0.2, -0.15) is 5.26 Å². The molecular formula is C13H25N3. The molecule has 0 heterocycles. The predicted molar refractivity (Wildman–Crippen MR) is 67.2 cm³/mol. The van der Waals surface area contributed by atoms with E-state index in [2.05, 4.69) is 37.2 Å². The summed E-state index contributed by atoms with van der Waals surface area (Å²) < 4.78 is 0. The topological polar surface area (TPSA) is 39.1 Å². The Labute approximate surface area is 99.8 Å². The highest BCUT2D eigenvalue weighted by molar-refractivity contribution is 5.05. The molecule has 1 aliphatic carbocycles. The van der Waals surface area contributed by atoms with Crippen LogP contribution in [0.1, 0.15) is 46.5 Å². The van der Waals surface area contributed by atoms with E-state index in [1.165, 1.54) is 19.3 Å². The number of hydrogen-bond donors (Lipinski definition) is 1. The number of nitriles is 1. The van der Waals surface area contributed by atoms with Crippen LogP contribution in [0.15, 0.2) is 0 Å². The zero-order chi connectivity index (χ0) is 12.2. The summed E-state index contributed by atoms with van der Waals surface area (Å²) in [6.45, 7) is 7.13. The highest BCUT2D eigenvalue weighted by Gasteiger charge is 2.31. The largest absolute Gasteiger partial charge is 0.301 e. The third-order valence-electron chi connectivity index (χ3n) is 3.86. The smallest absolute Gasteiger partial charge is 0.105 e. The molecule has 1 fully saturated rings. The third kappa shape index (κ3) is 3.20. The lowest BCUT2D eigenvalue weighted by Gasteiger charge is -2.40. The van der Waals surface area contributed by atoms with Gasteiger partial charge in [0.05, 0.1) is 6.07 Å². The van der Waals surface area contributed by atoms with Gasteiger partial charge >= 0.3 is 0 Å². The van der Waals surface area contributed by atoms with Gasteiger partial charge in [-0.05, 0) is 46.7 Å². The summed E-state index contributed by atoms with van der Waals surface area (Å²) in [4.78, 5) is 2.44. The second-order valence-electron chi connectivity index (χ2n) is 5.28. The third-order valence-corrected chi connectivity index (χ3v) is 3.86. The Morgan fingerprint density at radius 2 is 2.19 bits per heavy atom. The summed E-state index contributed by atoms with van der Waals surface area (Å²) in [5.41, 5.74) is -0.383. The minimum absolute atomic E-state index is 0.383. The molecular weight excluding hydrogens is 198 g/mol. The maximum Gasteiger partial charge on any atom is 0.105 e. The van der Waals surface area contributed by atoms with Gasteiger partial charge in [-0.25, -0.2) is 0 Å². The van der Waals surface area contributed by atoms with Gasteiger partial charge in [0, 0.05) is 12.1 Å². The lowest BCUT2D eigenvalue weighted by atomic mass is 9.88. The summed E-state index contributed by atoms with van der Waals surface area (Å²) in [6, 6.07) is 3.62. The van der Waals surface area contributed by atoms with Crippen LogP contribution in [0.2, 0.25) is 0 Å². The molecule has 0 radical (unpaired) electrons. The van der Waals surface area contributed by atoms with Crippen LogP contribution in [0.5, 0.6) is 0 Å². The fourth-order valence-corrected chi connectivity index (χ4v) is 2.44. The van der Waals surface area contributed by atoms with Crippen molar-refractivity contribution in [3.63, 3.8) is 0 Å². The molecule has 2 atom stereocenters. The lowest BCUT2D eigenvalue weighted by Crippen LogP contribution is -2.49. The fourth-order valence-electron chi connectivity index (χ4n) is 2.44. The number of nitrogens with zero attached hydrogens (tertiary/aromatic N) is 2. The van der Waals surface area contributed by atoms with Gasteiger partial charge in [-0.1, -0.05) is 13.3 Å². The maximum absolute atomic E-state index is 9.23. The Morgan fingerprint density at radius 3 is 2.56 bits per heavy atom. The molecule has 2 unspecified atom stereocenters. The van der Waals surface area contributed by atoms with Crippen LogP contribution in [0, 0.1) is 11.3 Å². The van der Waals surface area contributed by atoms with Crippen molar-refractivity contribution < 1.29 is 0 Å². The van der Waals surface area contributed by atoms with Crippen molar-refractivity contribution in [2.45, 2.75) is 64.1 Å². The first-order valence-electron chi connectivity index (χ1n) is 6.40. The molecule has 0 aromatic rings. The average Bonchev–Trinajstić information content (AvgIpc) is 2.15. The molecule has 0 amide bonds. The highest BCUT2D eigenvalue weighted by Crippen LogP contribution is 2.27. The van der Waals surface area contributed by atoms with Gasteiger partial charge in [0.2, 0.25) is 0 Å². The van der Waals surface area contributed by atoms with E-state index >= 15 is 0 Å². The molecule has 0 aromatic carbocycles. The van der Waals surface area contributed by atoms with Crippen LogP contribution >= 0.6 is 0 Å². The molecule has 0 spiro atoms. The first kappa shape index (κ1) is 13.5. The average molecular weight is 223 g/mol. The van der Waals surface area contributed by atoms with E-state index in [0.717, 1.165) is 19.0 Å². The van der Waals surface area contributed by atoms with Crippen molar-refractivity contribution >= 4 is 0 Å². The van der Waals surface area contributed by atoms with Gasteiger partial charge in [0.25, 0.3) is 0 Å². The van der Waals surface area contributed by atoms with Gasteiger partial charge in [-0.3, -0.25) is 5.32 Å². The Morgan fingerprint density at radius 1 is 1.56 bits per heavy atom. The van der Waals surface area contributed by atoms with Gasteiger partial charge in [0.1, 0.15) is 5.54 Å². The van der Waals surface area contributed by atoms with Crippen molar-refractivity contribution in [1.29, 1.82) is 5.26 Å². The Balaban J connectivity index is 2.47. The maximum atomic E-state index is 9.23. The zero-order valence-corrected chi connectivity index (χ0v) is 11.1. The normalized spacial score (nSPS) is 22.2. The van der Waals surface area contributed by atoms with Crippen LogP contribution in [0.4, 0.5) is 0 Å². The minimum atomic E-state index is -0.383. The predicted octanol–water partition coefficient (Wildman–Crippen LogP) is 2.14. The molecule has 0 aliphatic heterocycles. The van der Waals surface area contributed by atoms with E-state index in [9.17, 15) is 5.26 Å². The first-order chi connectivity index (χ1) is 7.52. The van der Waals surface area contributed by atoms with Crippen molar-refractivity contribution in [3.05, 3.63) is 0 Å². The van der Waals surface area contributed by atoms with Gasteiger partial charge in [0.15, 0.2) is 0 Å². The molecule has 0 bridgehead atoms. The Hall–Kier alpha value is -0.590. The van der Waals surface area contributed by atoms with E-state index < -0.39 is 0 Å². The van der Waals surface area contributed by atoms with E-state index in [1.807, 2.05) is 6.92 Å². The Kier molecular flexibility index (Phi) is 4.76. The molecule has 1 N–H and O–H groups in total. The summed E-state index contributed by atoms with van der Waals surface area (Å²) in [7, 11) is 2.19. The monoisotopic (exact) mass is 223 g/mol. The van der Waals surface area contributed by atoms with Crippen LogP contribution in [-0.2, 0) is 0 Å². The van der Waals surface area contributed by atoms with Crippen LogP contribution in [0.3, 0.4) is 0 Å². The molecule has 3 heteroatoms. The van der Waals surface area contributed by atoms with Gasteiger partial charge in [-0.15, -0.1) is 0 Å². The van der Waals surface area contributed by atoms with Crippen LogP contribution in [0.25, 0.3) is 0 Å². The first-order valence-corrected chi connectivity index (χ1v) is 6.40. The lowest BCUT2D eigenvalue weighted by molar-refractivity contribution is 0.102. The number of hydrogen-bond acceptors (Lipinski definition) is 3. The SMILES string of the molecule is CCNC(C)(C#N)CC(C)N(C)C1CCC1. The summed E-state index contributed by atoms with van der Waals surface area (Å²) in [5, 5.41) is 12.5. The van der Waals surface area contributed by atoms with E-state index in [1.54, 1.807) is 0 Å². The zero-order valence-electron chi connectivity index (χ0n) is 11.1. The highest BCUT2D eigenvalue weighted by atomic mass is 15.2. The number of rotatable bonds is 6. The van der Waals surface area contributed by atoms with E-state index in [0.29, 0.717) is 6.04 Å². The fraction of sp³-hybridized carbons (Fsp3) is 0.923. The second-order valence-corrected chi connectivity index (χ2v) is 5.28. The summed E-state index contributed by atoms with van der Waals surface area (Å²) in [6.07, 6.45) is 4.91. The van der Waals surface area contributed by atoms with Gasteiger partial charge < -0.3 is 4.90 Å². The molecule has 1 aliphatic rings. The molecule has 0 aromatic heterocycles.